The summed E-state index contributed by atoms with van der Waals surface area (Å²) in [5.41, 5.74) is 4.50. The standard InChI is InChI=1S/C29H50O6S2Si/c1-22(2)38(23(3)4,24(5)6)29-26(21-35-17-15-33-13-11-31-8)19-27(37-29)28-25(9-18-36-28)20-34-16-14-32-12-10-30-7/h9,18-19,22-24H,10-17,20-21H2,1-8H3. The van der Waals surface area contributed by atoms with Gasteiger partial charge in [0.25, 0.3) is 0 Å². The van der Waals surface area contributed by atoms with Crippen molar-refractivity contribution in [2.24, 2.45) is 0 Å². The molecule has 0 bridgehead atoms. The van der Waals surface area contributed by atoms with Gasteiger partial charge in [-0.25, -0.2) is 0 Å². The second kappa shape index (κ2) is 17.9. The predicted molar refractivity (Wildman–Crippen MR) is 163 cm³/mol. The quantitative estimate of drug-likeness (QED) is 0.120. The van der Waals surface area contributed by atoms with Crippen molar-refractivity contribution >= 4 is 35.2 Å². The van der Waals surface area contributed by atoms with Crippen molar-refractivity contribution in [3.8, 4) is 9.75 Å². The van der Waals surface area contributed by atoms with Crippen LogP contribution in [0.15, 0.2) is 17.5 Å². The van der Waals surface area contributed by atoms with Crippen LogP contribution in [0.3, 0.4) is 0 Å². The lowest BCUT2D eigenvalue weighted by molar-refractivity contribution is 0.0201. The van der Waals surface area contributed by atoms with Crippen molar-refractivity contribution in [3.05, 3.63) is 28.6 Å². The van der Waals surface area contributed by atoms with E-state index in [4.69, 9.17) is 28.4 Å². The van der Waals surface area contributed by atoms with Crippen molar-refractivity contribution in [1.29, 1.82) is 0 Å². The molecule has 0 radical (unpaired) electrons. The first-order chi connectivity index (χ1) is 18.3. The number of thiophene rings is 2. The van der Waals surface area contributed by atoms with E-state index in [1.54, 1.807) is 30.1 Å². The van der Waals surface area contributed by atoms with Gasteiger partial charge in [-0.3, -0.25) is 0 Å². The summed E-state index contributed by atoms with van der Waals surface area (Å²) in [5, 5.41) is 2.17. The average Bonchev–Trinajstić information content (AvgIpc) is 3.50. The molecule has 38 heavy (non-hydrogen) atoms. The smallest absolute Gasteiger partial charge is 0.108 e. The van der Waals surface area contributed by atoms with E-state index in [1.807, 2.05) is 11.3 Å². The third-order valence-corrected chi connectivity index (χ3v) is 17.5. The van der Waals surface area contributed by atoms with Gasteiger partial charge in [0, 0.05) is 24.0 Å². The number of ether oxygens (including phenoxy) is 6. The Bertz CT molecular complexity index is 874. The number of rotatable bonds is 21. The molecule has 2 heterocycles. The molecule has 2 aromatic rings. The van der Waals surface area contributed by atoms with Crippen LogP contribution in [-0.2, 0) is 41.6 Å². The number of hydrogen-bond acceptors (Lipinski definition) is 8. The highest BCUT2D eigenvalue weighted by Crippen LogP contribution is 2.45. The van der Waals surface area contributed by atoms with E-state index in [9.17, 15) is 0 Å². The number of methoxy groups -OCH3 is 2. The van der Waals surface area contributed by atoms with Crippen molar-refractivity contribution in [2.75, 3.05) is 67.1 Å². The third-order valence-electron chi connectivity index (χ3n) is 7.16. The lowest BCUT2D eigenvalue weighted by Gasteiger charge is -2.43. The molecule has 0 amide bonds. The highest BCUT2D eigenvalue weighted by atomic mass is 32.1. The van der Waals surface area contributed by atoms with Gasteiger partial charge in [0.05, 0.1) is 66.1 Å². The third kappa shape index (κ3) is 9.21. The van der Waals surface area contributed by atoms with Crippen LogP contribution in [0.2, 0.25) is 16.6 Å². The summed E-state index contributed by atoms with van der Waals surface area (Å²) < 4.78 is 35.0. The van der Waals surface area contributed by atoms with Gasteiger partial charge in [-0.2, -0.15) is 0 Å². The molecule has 0 atom stereocenters. The van der Waals surface area contributed by atoms with Crippen LogP contribution in [0.4, 0.5) is 0 Å². The molecular weight excluding hydrogens is 537 g/mol. The van der Waals surface area contributed by atoms with Gasteiger partial charge >= 0.3 is 0 Å². The molecule has 218 valence electrons. The molecule has 0 aliphatic heterocycles. The second-order valence-electron chi connectivity index (χ2n) is 10.5. The highest BCUT2D eigenvalue weighted by Gasteiger charge is 2.47. The lowest BCUT2D eigenvalue weighted by Crippen LogP contribution is -2.55. The maximum absolute atomic E-state index is 6.17. The molecule has 0 aliphatic rings. The number of hydrogen-bond donors (Lipinski definition) is 0. The van der Waals surface area contributed by atoms with Crippen LogP contribution in [-0.4, -0.2) is 75.1 Å². The molecule has 0 fully saturated rings. The van der Waals surface area contributed by atoms with E-state index < -0.39 is 8.07 Å². The van der Waals surface area contributed by atoms with Gasteiger partial charge < -0.3 is 28.4 Å². The van der Waals surface area contributed by atoms with E-state index in [1.165, 1.54) is 20.9 Å². The Morgan fingerprint density at radius 2 is 1.13 bits per heavy atom. The average molecular weight is 587 g/mol. The fourth-order valence-corrected chi connectivity index (χ4v) is 17.0. The Morgan fingerprint density at radius 3 is 1.63 bits per heavy atom. The van der Waals surface area contributed by atoms with E-state index in [0.717, 1.165) is 0 Å². The van der Waals surface area contributed by atoms with Crippen molar-refractivity contribution in [1.82, 2.24) is 0 Å². The van der Waals surface area contributed by atoms with Crippen LogP contribution in [0.5, 0.6) is 0 Å². The molecule has 2 rings (SSSR count). The van der Waals surface area contributed by atoms with E-state index in [-0.39, 0.29) is 0 Å². The molecule has 0 saturated heterocycles. The summed E-state index contributed by atoms with van der Waals surface area (Å²) in [7, 11) is 1.52. The van der Waals surface area contributed by atoms with Crippen LogP contribution in [0, 0.1) is 0 Å². The van der Waals surface area contributed by atoms with Crippen LogP contribution in [0.25, 0.3) is 9.75 Å². The van der Waals surface area contributed by atoms with Crippen molar-refractivity contribution in [3.63, 3.8) is 0 Å². The van der Waals surface area contributed by atoms with Crippen molar-refractivity contribution in [2.45, 2.75) is 71.4 Å². The van der Waals surface area contributed by atoms with E-state index in [2.05, 4.69) is 59.1 Å². The summed E-state index contributed by atoms with van der Waals surface area (Å²) >= 11 is 3.80. The maximum atomic E-state index is 6.17. The molecule has 0 unspecified atom stereocenters. The minimum absolute atomic E-state index is 0.574. The predicted octanol–water partition coefficient (Wildman–Crippen LogP) is 6.72. The first-order valence-electron chi connectivity index (χ1n) is 13.8. The van der Waals surface area contributed by atoms with Crippen LogP contribution < -0.4 is 4.50 Å². The summed E-state index contributed by atoms with van der Waals surface area (Å²) in [6.07, 6.45) is 0. The topological polar surface area (TPSA) is 55.4 Å². The highest BCUT2D eigenvalue weighted by molar-refractivity contribution is 7.31. The van der Waals surface area contributed by atoms with Crippen LogP contribution >= 0.6 is 22.7 Å². The van der Waals surface area contributed by atoms with E-state index >= 15 is 0 Å². The molecule has 0 aromatic carbocycles. The molecule has 6 nitrogen and oxygen atoms in total. The molecule has 0 aliphatic carbocycles. The molecule has 0 spiro atoms. The Kier molecular flexibility index (Phi) is 15.9. The first-order valence-corrected chi connectivity index (χ1v) is 17.7. The Balaban J connectivity index is 2.25. The monoisotopic (exact) mass is 586 g/mol. The normalized spacial score (nSPS) is 12.5. The van der Waals surface area contributed by atoms with Gasteiger partial charge in [0.2, 0.25) is 0 Å². The summed E-state index contributed by atoms with van der Waals surface area (Å²) in [5.74, 6) is 0. The van der Waals surface area contributed by atoms with E-state index in [0.29, 0.717) is 82.7 Å². The van der Waals surface area contributed by atoms with Gasteiger partial charge in [-0.15, -0.1) is 22.7 Å². The molecule has 9 heteroatoms. The summed E-state index contributed by atoms with van der Waals surface area (Å²) in [6, 6.07) is 4.58. The van der Waals surface area contributed by atoms with Gasteiger partial charge in [0.1, 0.15) is 8.07 Å². The summed E-state index contributed by atoms with van der Waals surface area (Å²) in [6.45, 7) is 20.5. The second-order valence-corrected chi connectivity index (χ2v) is 18.6. The molecule has 2 aromatic heterocycles. The zero-order valence-corrected chi connectivity index (χ0v) is 27.4. The maximum Gasteiger partial charge on any atom is 0.108 e. The molecule has 0 saturated carbocycles. The minimum Gasteiger partial charge on any atom is -0.382 e. The largest absolute Gasteiger partial charge is 0.382 e. The SMILES string of the molecule is COCCOCCOCc1ccsc1-c1cc(COCCOCCOC)c([Si](C(C)C)(C(C)C)C(C)C)s1. The van der Waals surface area contributed by atoms with Gasteiger partial charge in [0.15, 0.2) is 0 Å². The fourth-order valence-electron chi connectivity index (χ4n) is 5.56. The lowest BCUT2D eigenvalue weighted by atomic mass is 10.2. The molecular formula is C29H50O6S2Si. The van der Waals surface area contributed by atoms with Crippen LogP contribution in [0.1, 0.15) is 52.7 Å². The fraction of sp³-hybridized carbons (Fsp3) is 0.724. The summed E-state index contributed by atoms with van der Waals surface area (Å²) in [4.78, 5) is 2.64. The minimum atomic E-state index is -1.85. The Hall–Kier alpha value is -0.623. The zero-order valence-electron chi connectivity index (χ0n) is 24.8. The van der Waals surface area contributed by atoms with Crippen molar-refractivity contribution < 1.29 is 28.4 Å². The zero-order chi connectivity index (χ0) is 28.0. The Labute approximate surface area is 239 Å². The van der Waals surface area contributed by atoms with Gasteiger partial charge in [-0.05, 0) is 49.8 Å². The Morgan fingerprint density at radius 1 is 0.658 bits per heavy atom. The van der Waals surface area contributed by atoms with Gasteiger partial charge in [-0.1, -0.05) is 41.5 Å². The first kappa shape index (κ1) is 33.6. The molecule has 0 N–H and O–H groups in total.